The van der Waals surface area contributed by atoms with Crippen LogP contribution in [0.25, 0.3) is 97.3 Å². The minimum Gasteiger partial charge on any atom is -0.456 e. The Bertz CT molecular complexity index is 4440. The van der Waals surface area contributed by atoms with Crippen molar-refractivity contribution >= 4 is 86.9 Å². The first-order valence-electron chi connectivity index (χ1n) is 26.9. The van der Waals surface area contributed by atoms with E-state index in [1.165, 1.54) is 86.6 Å². The Morgan fingerprint density at radius 1 is 0.526 bits per heavy atom. The highest BCUT2D eigenvalue weighted by Gasteiger charge is 2.34. The topological polar surface area (TPSA) is 42.8 Å². The van der Waals surface area contributed by atoms with Crippen molar-refractivity contribution in [3.05, 3.63) is 252 Å². The maximum absolute atomic E-state index is 6.48. The van der Waals surface area contributed by atoms with Gasteiger partial charge in [-0.2, -0.15) is 0 Å². The van der Waals surface area contributed by atoms with Gasteiger partial charge in [0.25, 0.3) is 0 Å². The van der Waals surface area contributed by atoms with Crippen molar-refractivity contribution in [3.8, 4) is 33.4 Å². The Kier molecular flexibility index (Phi) is 11.4. The minimum atomic E-state index is 0.0202. The van der Waals surface area contributed by atoms with Crippen LogP contribution >= 0.6 is 11.3 Å². The smallest absolute Gasteiger partial charge is 0.156 e. The average molecular weight is 998 g/mol. The van der Waals surface area contributed by atoms with E-state index in [0.717, 1.165) is 63.0 Å². The Morgan fingerprint density at radius 2 is 1.21 bits per heavy atom. The highest BCUT2D eigenvalue weighted by Crippen LogP contribution is 2.46. The van der Waals surface area contributed by atoms with Crippen LogP contribution in [-0.4, -0.2) is 22.8 Å². The van der Waals surface area contributed by atoms with E-state index in [9.17, 15) is 0 Å². The lowest BCUT2D eigenvalue weighted by atomic mass is 9.81. The van der Waals surface area contributed by atoms with E-state index >= 15 is 0 Å². The Morgan fingerprint density at radius 3 is 2.07 bits per heavy atom. The first-order chi connectivity index (χ1) is 37.5. The molecule has 366 valence electrons. The number of amidine groups is 1. The molecule has 3 unspecified atom stereocenters. The Labute approximate surface area is 447 Å². The van der Waals surface area contributed by atoms with Gasteiger partial charge in [-0.1, -0.05) is 184 Å². The molecule has 3 atom stereocenters. The molecular weight excluding hydrogens is 943 g/mol. The molecule has 1 aliphatic rings. The van der Waals surface area contributed by atoms with Gasteiger partial charge in [-0.05, 0) is 130 Å². The number of aryl methyl sites for hydroxylation is 1. The molecule has 13 aromatic rings. The summed E-state index contributed by atoms with van der Waals surface area (Å²) in [4.78, 5) is 11.4. The number of thiophene rings is 1. The lowest BCUT2D eigenvalue weighted by Gasteiger charge is -2.27. The number of aliphatic imine (C=N–C) groups is 2. The summed E-state index contributed by atoms with van der Waals surface area (Å²) >= 11 is 1.89. The molecule has 10 aromatic carbocycles. The fourth-order valence-electron chi connectivity index (χ4n) is 12.6. The van der Waals surface area contributed by atoms with Gasteiger partial charge >= 0.3 is 0 Å². The number of benzene rings is 10. The summed E-state index contributed by atoms with van der Waals surface area (Å²) in [6.07, 6.45) is 1.90. The zero-order valence-electron chi connectivity index (χ0n) is 42.9. The third-order valence-electron chi connectivity index (χ3n) is 16.3. The van der Waals surface area contributed by atoms with Crippen molar-refractivity contribution in [3.63, 3.8) is 0 Å². The molecule has 76 heavy (non-hydrogen) atoms. The standard InChI is InChI=1S/C71H55N3OS/c1-4-51(46-21-10-7-11-22-46)53-23-12-13-24-54(53)60-39-48(32-31-44(60)3)49-33-37-59-68(42-49)76-67-30-18-27-58(69(59)67)62-43-72-70(50-34-36-57-56-26-15-17-29-65(56)75-66(57)41-50)73-71(52(62)5-2)74-63-28-16-14-25-55(63)61-40-47(35-38-64(61)74)45-19-8-6-9-20-45/h6-42,51-52,62H,4-5,43H2,1-3H3. The molecular formula is C71H55N3OS. The summed E-state index contributed by atoms with van der Waals surface area (Å²) in [5.74, 6) is 2.10. The number of fused-ring (bicyclic) bond motifs is 9. The van der Waals surface area contributed by atoms with Gasteiger partial charge in [0, 0.05) is 71.6 Å². The van der Waals surface area contributed by atoms with E-state index in [0.29, 0.717) is 12.5 Å². The lowest BCUT2D eigenvalue weighted by Crippen LogP contribution is -2.29. The molecule has 0 aliphatic carbocycles. The van der Waals surface area contributed by atoms with E-state index in [1.54, 1.807) is 0 Å². The van der Waals surface area contributed by atoms with Crippen molar-refractivity contribution < 1.29 is 4.42 Å². The average Bonchev–Trinajstić information content (AvgIpc) is 4.11. The number of rotatable bonds is 9. The number of hydrogen-bond acceptors (Lipinski definition) is 4. The van der Waals surface area contributed by atoms with Gasteiger partial charge in [0.05, 0.1) is 11.0 Å². The van der Waals surface area contributed by atoms with E-state index in [4.69, 9.17) is 14.4 Å². The third kappa shape index (κ3) is 7.71. The monoisotopic (exact) mass is 997 g/mol. The number of furan rings is 1. The van der Waals surface area contributed by atoms with Gasteiger partial charge in [-0.3, -0.25) is 9.56 Å². The zero-order valence-corrected chi connectivity index (χ0v) is 43.7. The van der Waals surface area contributed by atoms with Gasteiger partial charge in [0.2, 0.25) is 0 Å². The molecule has 0 saturated carbocycles. The molecule has 14 rings (SSSR count). The van der Waals surface area contributed by atoms with Crippen LogP contribution in [0.4, 0.5) is 0 Å². The fraction of sp³-hybridized carbons (Fsp3) is 0.127. The molecule has 0 spiro atoms. The van der Waals surface area contributed by atoms with Crippen LogP contribution < -0.4 is 0 Å². The van der Waals surface area contributed by atoms with Crippen molar-refractivity contribution in [2.75, 3.05) is 6.54 Å². The summed E-state index contributed by atoms with van der Waals surface area (Å²) in [6.45, 7) is 7.46. The molecule has 3 aromatic heterocycles. The van der Waals surface area contributed by atoms with Crippen LogP contribution in [0.1, 0.15) is 66.3 Å². The van der Waals surface area contributed by atoms with Gasteiger partial charge in [-0.25, -0.2) is 4.99 Å². The minimum absolute atomic E-state index is 0.0202. The van der Waals surface area contributed by atoms with Crippen LogP contribution in [-0.2, 0) is 0 Å². The van der Waals surface area contributed by atoms with Gasteiger partial charge in [-0.15, -0.1) is 11.3 Å². The number of para-hydroxylation sites is 2. The highest BCUT2D eigenvalue weighted by molar-refractivity contribution is 7.25. The van der Waals surface area contributed by atoms with E-state index in [1.807, 2.05) is 23.5 Å². The van der Waals surface area contributed by atoms with Crippen LogP contribution in [0.5, 0.6) is 0 Å². The molecule has 0 N–H and O–H groups in total. The van der Waals surface area contributed by atoms with Crippen LogP contribution in [0.15, 0.2) is 239 Å². The van der Waals surface area contributed by atoms with Crippen molar-refractivity contribution in [1.82, 2.24) is 4.57 Å². The van der Waals surface area contributed by atoms with Crippen LogP contribution in [0.2, 0.25) is 0 Å². The van der Waals surface area contributed by atoms with E-state index in [2.05, 4.69) is 238 Å². The zero-order chi connectivity index (χ0) is 50.9. The molecule has 0 radical (unpaired) electrons. The molecule has 4 heterocycles. The van der Waals surface area contributed by atoms with Crippen molar-refractivity contribution in [2.45, 2.75) is 45.4 Å². The third-order valence-corrected chi connectivity index (χ3v) is 17.4. The summed E-state index contributed by atoms with van der Waals surface area (Å²) < 4.78 is 11.5. The molecule has 1 aliphatic heterocycles. The predicted molar refractivity (Wildman–Crippen MR) is 323 cm³/mol. The first kappa shape index (κ1) is 45.9. The fourth-order valence-corrected chi connectivity index (χ4v) is 13.7. The largest absolute Gasteiger partial charge is 0.456 e. The van der Waals surface area contributed by atoms with E-state index in [-0.39, 0.29) is 11.8 Å². The maximum Gasteiger partial charge on any atom is 0.156 e. The molecule has 0 amide bonds. The predicted octanol–water partition coefficient (Wildman–Crippen LogP) is 19.4. The second-order valence-electron chi connectivity index (χ2n) is 20.5. The second kappa shape index (κ2) is 18.9. The normalized spacial score (nSPS) is 15.5. The summed E-state index contributed by atoms with van der Waals surface area (Å²) in [5, 5.41) is 7.22. The lowest BCUT2D eigenvalue weighted by molar-refractivity contribution is 0.527. The molecule has 4 nitrogen and oxygen atoms in total. The maximum atomic E-state index is 6.48. The van der Waals surface area contributed by atoms with Crippen molar-refractivity contribution in [1.29, 1.82) is 0 Å². The second-order valence-corrected chi connectivity index (χ2v) is 21.6. The SMILES string of the molecule is CCC(c1ccccc1)c1ccccc1-c1cc(-c2ccc3c(c2)sc2cccc(C4CN=C(c5ccc6c(c5)oc5ccccc56)N=C(n5c6ccccc6c6cc(-c7ccccc7)ccc65)C4CC)c23)ccc1C. The van der Waals surface area contributed by atoms with Gasteiger partial charge < -0.3 is 4.42 Å². The quantitative estimate of drug-likeness (QED) is 0.142. The summed E-state index contributed by atoms with van der Waals surface area (Å²) in [7, 11) is 0. The Hall–Kier alpha value is -8.64. The molecule has 0 saturated heterocycles. The first-order valence-corrected chi connectivity index (χ1v) is 27.7. The number of hydrogen-bond donors (Lipinski definition) is 0. The molecule has 5 heteroatoms. The van der Waals surface area contributed by atoms with Gasteiger partial charge in [0.15, 0.2) is 5.84 Å². The highest BCUT2D eigenvalue weighted by atomic mass is 32.1. The Balaban J connectivity index is 0.909. The summed E-state index contributed by atoms with van der Waals surface area (Å²) in [6, 6.07) is 82.3. The summed E-state index contributed by atoms with van der Waals surface area (Å²) in [5.41, 5.74) is 17.7. The number of nitrogens with zero attached hydrogens (tertiary/aromatic N) is 3. The molecule has 0 fully saturated rings. The van der Waals surface area contributed by atoms with Crippen LogP contribution in [0, 0.1) is 12.8 Å². The molecule has 0 bridgehead atoms. The van der Waals surface area contributed by atoms with Crippen LogP contribution in [0.3, 0.4) is 0 Å². The van der Waals surface area contributed by atoms with Gasteiger partial charge in [0.1, 0.15) is 17.0 Å². The number of aromatic nitrogens is 1. The van der Waals surface area contributed by atoms with Crippen molar-refractivity contribution in [2.24, 2.45) is 15.9 Å². The van der Waals surface area contributed by atoms with E-state index < -0.39 is 0 Å².